The molecule has 168 valence electrons. The van der Waals surface area contributed by atoms with Crippen LogP contribution in [0.15, 0.2) is 66.2 Å². The molecule has 0 aromatic heterocycles. The molecule has 2 aromatic rings. The fourth-order valence-electron chi connectivity index (χ4n) is 3.98. The molecule has 2 aromatic carbocycles. The second-order valence-electron chi connectivity index (χ2n) is 8.30. The fourth-order valence-corrected chi connectivity index (χ4v) is 4.24. The Balaban J connectivity index is 1.73. The lowest BCUT2D eigenvalue weighted by Crippen LogP contribution is -2.37. The van der Waals surface area contributed by atoms with Gasteiger partial charge in [0.15, 0.2) is 0 Å². The van der Waals surface area contributed by atoms with E-state index in [1.807, 2.05) is 30.3 Å². The van der Waals surface area contributed by atoms with E-state index in [0.717, 1.165) is 48.9 Å². The van der Waals surface area contributed by atoms with Crippen LogP contribution in [-0.2, 0) is 6.54 Å². The summed E-state index contributed by atoms with van der Waals surface area (Å²) in [4.78, 5) is 0. The molecule has 3 rings (SSSR count). The zero-order valence-corrected chi connectivity index (χ0v) is 19.2. The topological polar surface area (TPSA) is 114 Å². The van der Waals surface area contributed by atoms with Crippen LogP contribution in [0.25, 0.3) is 11.6 Å². The van der Waals surface area contributed by atoms with Crippen molar-refractivity contribution in [3.8, 4) is 0 Å². The van der Waals surface area contributed by atoms with Gasteiger partial charge < -0.3 is 22.5 Å². The molecule has 8 N–H and O–H groups in total. The van der Waals surface area contributed by atoms with E-state index in [9.17, 15) is 0 Å². The van der Waals surface area contributed by atoms with Crippen LogP contribution in [0.4, 0.5) is 5.69 Å². The number of thiol groups is 1. The third-order valence-corrected chi connectivity index (χ3v) is 6.22. The highest BCUT2D eigenvalue weighted by Gasteiger charge is 2.17. The Kier molecular flexibility index (Phi) is 8.33. The minimum atomic E-state index is 0.189. The second kappa shape index (κ2) is 11.2. The molecule has 6 heteroatoms. The maximum absolute atomic E-state index is 8.60. The number of hydrogen-bond acceptors (Lipinski definition) is 6. The molecule has 0 heterocycles. The summed E-state index contributed by atoms with van der Waals surface area (Å²) < 4.78 is 0. The van der Waals surface area contributed by atoms with E-state index in [4.69, 9.17) is 22.6 Å². The van der Waals surface area contributed by atoms with Gasteiger partial charge in [0.1, 0.15) is 0 Å². The molecule has 5 nitrogen and oxygen atoms in total. The third kappa shape index (κ3) is 6.13. The zero-order valence-electron chi connectivity index (χ0n) is 18.4. The van der Waals surface area contributed by atoms with Crippen molar-refractivity contribution in [3.63, 3.8) is 0 Å². The molecule has 0 aliphatic heterocycles. The van der Waals surface area contributed by atoms with Gasteiger partial charge in [-0.05, 0) is 71.6 Å². The van der Waals surface area contributed by atoms with Gasteiger partial charge in [-0.3, -0.25) is 5.41 Å². The molecule has 1 saturated carbocycles. The molecule has 1 aliphatic rings. The molecule has 0 amide bonds. The van der Waals surface area contributed by atoms with Gasteiger partial charge in [-0.2, -0.15) is 12.6 Å². The average Bonchev–Trinajstić information content (AvgIpc) is 2.80. The molecule has 0 bridgehead atoms. The number of nitrogen functional groups attached to an aromatic ring is 1. The summed E-state index contributed by atoms with van der Waals surface area (Å²) in [6.07, 6.45) is 7.96. The maximum Gasteiger partial charge on any atom is 0.0862 e. The van der Waals surface area contributed by atoms with Crippen LogP contribution in [0.1, 0.15) is 47.9 Å². The van der Waals surface area contributed by atoms with Crippen LogP contribution in [-0.4, -0.2) is 17.8 Å². The van der Waals surface area contributed by atoms with Crippen molar-refractivity contribution in [1.82, 2.24) is 5.32 Å². The first-order valence-electron chi connectivity index (χ1n) is 10.9. The summed E-state index contributed by atoms with van der Waals surface area (Å²) in [5.74, 6) is 0. The minimum absolute atomic E-state index is 0.189. The normalized spacial score (nSPS) is 19.6. The Morgan fingerprint density at radius 2 is 1.91 bits per heavy atom. The first kappa shape index (κ1) is 23.9. The largest absolute Gasteiger partial charge is 0.398 e. The van der Waals surface area contributed by atoms with Crippen molar-refractivity contribution >= 4 is 35.7 Å². The van der Waals surface area contributed by atoms with Gasteiger partial charge in [0.05, 0.1) is 11.4 Å². The standard InChI is InChI=1S/C26H33N5S/c1-2-19(16-32)20-6-11-24(28)23(14-20)26(30)25(29)13-17-4-3-5-18(12-17)15-31-22-9-7-21(27)8-10-22/h2-6,11-14,16,21-22,30-32H,1,7-10,15,27-29H2/b19-16+,25-13-,30-26?. The molecular formula is C26H33N5S. The summed E-state index contributed by atoms with van der Waals surface area (Å²) >= 11 is 4.23. The maximum atomic E-state index is 8.60. The highest BCUT2D eigenvalue weighted by molar-refractivity contribution is 7.83. The summed E-state index contributed by atoms with van der Waals surface area (Å²) in [7, 11) is 0. The first-order valence-corrected chi connectivity index (χ1v) is 11.4. The Bertz CT molecular complexity index is 1030. The Hall–Kier alpha value is -2.80. The molecule has 32 heavy (non-hydrogen) atoms. The lowest BCUT2D eigenvalue weighted by atomic mass is 9.91. The molecule has 0 spiro atoms. The van der Waals surface area contributed by atoms with E-state index in [1.165, 1.54) is 5.56 Å². The first-order chi connectivity index (χ1) is 15.4. The number of nitrogens with two attached hydrogens (primary N) is 3. The van der Waals surface area contributed by atoms with Crippen molar-refractivity contribution in [2.45, 2.75) is 44.3 Å². The Morgan fingerprint density at radius 3 is 2.59 bits per heavy atom. The van der Waals surface area contributed by atoms with Gasteiger partial charge in [0.25, 0.3) is 0 Å². The van der Waals surface area contributed by atoms with Crippen LogP contribution in [0.5, 0.6) is 0 Å². The molecule has 0 saturated heterocycles. The lowest BCUT2D eigenvalue weighted by molar-refractivity contribution is 0.342. The zero-order chi connectivity index (χ0) is 23.1. The van der Waals surface area contributed by atoms with Crippen molar-refractivity contribution in [2.75, 3.05) is 5.73 Å². The number of allylic oxidation sites excluding steroid dienone is 3. The molecule has 0 atom stereocenters. The van der Waals surface area contributed by atoms with Gasteiger partial charge in [-0.15, -0.1) is 0 Å². The van der Waals surface area contributed by atoms with Crippen molar-refractivity contribution in [1.29, 1.82) is 5.41 Å². The van der Waals surface area contributed by atoms with E-state index < -0.39 is 0 Å². The minimum Gasteiger partial charge on any atom is -0.398 e. The van der Waals surface area contributed by atoms with Crippen LogP contribution in [0, 0.1) is 5.41 Å². The Labute approximate surface area is 196 Å². The number of anilines is 1. The third-order valence-electron chi connectivity index (χ3n) is 5.94. The molecular weight excluding hydrogens is 414 g/mol. The van der Waals surface area contributed by atoms with E-state index in [-0.39, 0.29) is 5.71 Å². The summed E-state index contributed by atoms with van der Waals surface area (Å²) in [6.45, 7) is 4.60. The Morgan fingerprint density at radius 1 is 1.16 bits per heavy atom. The van der Waals surface area contributed by atoms with Crippen LogP contribution in [0.2, 0.25) is 0 Å². The molecule has 1 aliphatic carbocycles. The van der Waals surface area contributed by atoms with Gasteiger partial charge in [-0.25, -0.2) is 0 Å². The highest BCUT2D eigenvalue weighted by atomic mass is 32.1. The monoisotopic (exact) mass is 447 g/mol. The van der Waals surface area contributed by atoms with Crippen molar-refractivity contribution < 1.29 is 0 Å². The van der Waals surface area contributed by atoms with Crippen molar-refractivity contribution in [3.05, 3.63) is 88.5 Å². The van der Waals surface area contributed by atoms with Gasteiger partial charge in [0.2, 0.25) is 0 Å². The van der Waals surface area contributed by atoms with E-state index in [1.54, 1.807) is 17.6 Å². The molecule has 0 radical (unpaired) electrons. The quantitative estimate of drug-likeness (QED) is 0.155. The van der Waals surface area contributed by atoms with E-state index in [0.29, 0.717) is 29.0 Å². The van der Waals surface area contributed by atoms with E-state index in [2.05, 4.69) is 36.7 Å². The summed E-state index contributed by atoms with van der Waals surface area (Å²) in [6, 6.07) is 14.6. The number of hydrogen-bond donors (Lipinski definition) is 6. The van der Waals surface area contributed by atoms with E-state index >= 15 is 0 Å². The number of nitrogens with one attached hydrogen (secondary N) is 2. The molecule has 0 unspecified atom stereocenters. The van der Waals surface area contributed by atoms with Crippen LogP contribution < -0.4 is 22.5 Å². The average molecular weight is 448 g/mol. The summed E-state index contributed by atoms with van der Waals surface area (Å²) in [5, 5.41) is 13.9. The van der Waals surface area contributed by atoms with Crippen LogP contribution in [0.3, 0.4) is 0 Å². The number of benzene rings is 2. The van der Waals surface area contributed by atoms with Crippen LogP contribution >= 0.6 is 12.6 Å². The van der Waals surface area contributed by atoms with Gasteiger partial charge in [0, 0.05) is 29.9 Å². The second-order valence-corrected chi connectivity index (χ2v) is 8.56. The summed E-state index contributed by atoms with van der Waals surface area (Å²) in [5.41, 5.74) is 23.9. The smallest absolute Gasteiger partial charge is 0.0862 e. The molecule has 1 fully saturated rings. The number of rotatable bonds is 8. The lowest BCUT2D eigenvalue weighted by Gasteiger charge is -2.27. The van der Waals surface area contributed by atoms with Crippen molar-refractivity contribution in [2.24, 2.45) is 11.5 Å². The predicted molar refractivity (Wildman–Crippen MR) is 141 cm³/mol. The fraction of sp³-hybridized carbons (Fsp3) is 0.269. The van der Waals surface area contributed by atoms with Gasteiger partial charge in [-0.1, -0.05) is 43.0 Å². The SMILES string of the molecule is C=C/C(=C\S)c1ccc(N)c(C(=N)/C(N)=C/c2cccc(CNC3CCC(N)CC3)c2)c1. The highest BCUT2D eigenvalue weighted by Crippen LogP contribution is 2.24. The van der Waals surface area contributed by atoms with Gasteiger partial charge >= 0.3 is 0 Å². The predicted octanol–water partition coefficient (Wildman–Crippen LogP) is 4.45.